The van der Waals surface area contributed by atoms with E-state index in [4.69, 9.17) is 4.42 Å². The molecule has 3 heteroatoms. The molecule has 0 N–H and O–H groups in total. The molecule has 0 bridgehead atoms. The Morgan fingerprint density at radius 3 is 1.51 bits per heavy atom. The molecular formula is C48H26OS2. The van der Waals surface area contributed by atoms with Crippen LogP contribution in [0.1, 0.15) is 0 Å². The van der Waals surface area contributed by atoms with Gasteiger partial charge in [-0.15, -0.1) is 22.7 Å². The summed E-state index contributed by atoms with van der Waals surface area (Å²) in [6.07, 6.45) is 0. The lowest BCUT2D eigenvalue weighted by atomic mass is 9.85. The van der Waals surface area contributed by atoms with Crippen LogP contribution in [0.5, 0.6) is 0 Å². The Balaban J connectivity index is 1.13. The van der Waals surface area contributed by atoms with E-state index in [0.717, 1.165) is 21.9 Å². The number of thiophene rings is 2. The van der Waals surface area contributed by atoms with Gasteiger partial charge in [0.05, 0.1) is 0 Å². The van der Waals surface area contributed by atoms with Crippen molar-refractivity contribution in [2.24, 2.45) is 0 Å². The monoisotopic (exact) mass is 682 g/mol. The minimum Gasteiger partial charge on any atom is -0.456 e. The zero-order chi connectivity index (χ0) is 33.2. The molecule has 0 radical (unpaired) electrons. The predicted octanol–water partition coefficient (Wildman–Crippen LogP) is 15.1. The highest BCUT2D eigenvalue weighted by molar-refractivity contribution is 7.27. The molecular weight excluding hydrogens is 657 g/mol. The summed E-state index contributed by atoms with van der Waals surface area (Å²) in [6, 6.07) is 58.1. The number of benzene rings is 9. The van der Waals surface area contributed by atoms with Crippen molar-refractivity contribution in [1.29, 1.82) is 0 Å². The molecule has 51 heavy (non-hydrogen) atoms. The van der Waals surface area contributed by atoms with Gasteiger partial charge >= 0.3 is 0 Å². The van der Waals surface area contributed by atoms with Gasteiger partial charge in [0.15, 0.2) is 0 Å². The van der Waals surface area contributed by atoms with Gasteiger partial charge in [-0.2, -0.15) is 0 Å². The highest BCUT2D eigenvalue weighted by Crippen LogP contribution is 2.48. The molecule has 12 rings (SSSR count). The quantitative estimate of drug-likeness (QED) is 0.165. The van der Waals surface area contributed by atoms with E-state index in [9.17, 15) is 0 Å². The van der Waals surface area contributed by atoms with Crippen molar-refractivity contribution >= 4 is 117 Å². The largest absolute Gasteiger partial charge is 0.456 e. The predicted molar refractivity (Wildman–Crippen MR) is 223 cm³/mol. The minimum atomic E-state index is 0.919. The van der Waals surface area contributed by atoms with Crippen LogP contribution >= 0.6 is 22.7 Å². The Morgan fingerprint density at radius 2 is 0.824 bits per heavy atom. The molecule has 3 aromatic heterocycles. The summed E-state index contributed by atoms with van der Waals surface area (Å²) in [7, 11) is 0. The van der Waals surface area contributed by atoms with Crippen molar-refractivity contribution in [3.8, 4) is 22.3 Å². The van der Waals surface area contributed by atoms with E-state index in [-0.39, 0.29) is 0 Å². The van der Waals surface area contributed by atoms with Crippen molar-refractivity contribution in [3.63, 3.8) is 0 Å². The Labute approximate surface area is 300 Å². The molecule has 0 saturated carbocycles. The first-order valence-electron chi connectivity index (χ1n) is 17.3. The van der Waals surface area contributed by atoms with Gasteiger partial charge in [0.2, 0.25) is 0 Å². The zero-order valence-corrected chi connectivity index (χ0v) is 28.9. The van der Waals surface area contributed by atoms with Crippen LogP contribution in [0.15, 0.2) is 162 Å². The van der Waals surface area contributed by atoms with Gasteiger partial charge in [0.1, 0.15) is 11.2 Å². The lowest BCUT2D eigenvalue weighted by molar-refractivity contribution is 0.669. The zero-order valence-electron chi connectivity index (χ0n) is 27.2. The fraction of sp³-hybridized carbons (Fsp3) is 0. The lowest BCUT2D eigenvalue weighted by Crippen LogP contribution is -1.90. The molecule has 0 atom stereocenters. The van der Waals surface area contributed by atoms with Gasteiger partial charge in [-0.05, 0) is 91.6 Å². The van der Waals surface area contributed by atoms with Crippen molar-refractivity contribution in [2.45, 2.75) is 0 Å². The fourth-order valence-electron chi connectivity index (χ4n) is 8.68. The second-order valence-corrected chi connectivity index (χ2v) is 15.7. The molecule has 0 aliphatic rings. The smallest absolute Gasteiger partial charge is 0.135 e. The van der Waals surface area contributed by atoms with Gasteiger partial charge in [-0.25, -0.2) is 0 Å². The second-order valence-electron chi connectivity index (χ2n) is 13.5. The molecule has 0 spiro atoms. The van der Waals surface area contributed by atoms with E-state index in [1.165, 1.54) is 94.9 Å². The summed E-state index contributed by atoms with van der Waals surface area (Å²) in [5, 5.41) is 15.5. The summed E-state index contributed by atoms with van der Waals surface area (Å²) in [4.78, 5) is 0. The highest BCUT2D eigenvalue weighted by Gasteiger charge is 2.20. The van der Waals surface area contributed by atoms with Crippen molar-refractivity contribution < 1.29 is 4.42 Å². The van der Waals surface area contributed by atoms with E-state index in [0.29, 0.717) is 0 Å². The Morgan fingerprint density at radius 1 is 0.314 bits per heavy atom. The van der Waals surface area contributed by atoms with Crippen LogP contribution in [0.25, 0.3) is 117 Å². The summed E-state index contributed by atoms with van der Waals surface area (Å²) < 4.78 is 11.6. The minimum absolute atomic E-state index is 0.919. The van der Waals surface area contributed by atoms with Crippen molar-refractivity contribution in [3.05, 3.63) is 158 Å². The van der Waals surface area contributed by atoms with E-state index in [2.05, 4.69) is 152 Å². The van der Waals surface area contributed by atoms with Gasteiger partial charge in [0.25, 0.3) is 0 Å². The van der Waals surface area contributed by atoms with Crippen LogP contribution in [0.3, 0.4) is 0 Å². The van der Waals surface area contributed by atoms with Gasteiger partial charge < -0.3 is 4.42 Å². The average molecular weight is 683 g/mol. The van der Waals surface area contributed by atoms with Gasteiger partial charge in [0, 0.05) is 56.5 Å². The Kier molecular flexibility index (Phi) is 5.59. The number of fused-ring (bicyclic) bond motifs is 14. The second kappa shape index (κ2) is 10.3. The lowest BCUT2D eigenvalue weighted by Gasteiger charge is -2.18. The Hall–Kier alpha value is -6.00. The molecule has 0 unspecified atom stereocenters. The van der Waals surface area contributed by atoms with E-state index < -0.39 is 0 Å². The molecule has 0 fully saturated rings. The van der Waals surface area contributed by atoms with Crippen LogP contribution in [-0.4, -0.2) is 0 Å². The van der Waals surface area contributed by atoms with Gasteiger partial charge in [-0.1, -0.05) is 115 Å². The first-order valence-corrected chi connectivity index (χ1v) is 19.0. The molecule has 0 saturated heterocycles. The number of furan rings is 1. The molecule has 12 aromatic rings. The molecule has 0 aliphatic carbocycles. The van der Waals surface area contributed by atoms with E-state index >= 15 is 0 Å². The molecule has 1 nitrogen and oxygen atoms in total. The fourth-order valence-corrected chi connectivity index (χ4v) is 11.0. The Bertz CT molecular complexity index is 3370. The first-order chi connectivity index (χ1) is 25.3. The molecule has 0 amide bonds. The third kappa shape index (κ3) is 3.85. The summed E-state index contributed by atoms with van der Waals surface area (Å²) in [5.41, 5.74) is 6.84. The van der Waals surface area contributed by atoms with E-state index in [1.807, 2.05) is 28.7 Å². The first kappa shape index (κ1) is 27.8. The van der Waals surface area contributed by atoms with Crippen LogP contribution < -0.4 is 0 Å². The summed E-state index contributed by atoms with van der Waals surface area (Å²) in [6.45, 7) is 0. The third-order valence-electron chi connectivity index (χ3n) is 10.8. The van der Waals surface area contributed by atoms with Crippen LogP contribution in [-0.2, 0) is 0 Å². The number of hydrogen-bond donors (Lipinski definition) is 0. The highest BCUT2D eigenvalue weighted by atomic mass is 32.1. The van der Waals surface area contributed by atoms with Crippen LogP contribution in [0, 0.1) is 0 Å². The standard InChI is InChI=1S/C48H26OS2/c1-3-12-33-31(10-1)44(28-18-22-39-37(25-28)30-9-5-7-15-38(30)49-39)32-11-2-4-13-34(32)45(33)29-17-21-36-43(26-29)51-42-24-20-27-19-23-41-47(46(27)48(36)42)35-14-6-8-16-40(35)50-41/h1-26H. The molecule has 3 heterocycles. The van der Waals surface area contributed by atoms with Gasteiger partial charge in [-0.3, -0.25) is 0 Å². The van der Waals surface area contributed by atoms with Crippen molar-refractivity contribution in [1.82, 2.24) is 0 Å². The number of rotatable bonds is 2. The average Bonchev–Trinajstić information content (AvgIpc) is 3.87. The molecule has 0 aliphatic heterocycles. The van der Waals surface area contributed by atoms with Crippen LogP contribution in [0.4, 0.5) is 0 Å². The SMILES string of the molecule is c1ccc2c(c1)oc1ccc(-c3c4ccccc4c(-c4ccc5c(c4)sc4ccc6ccc7sc8ccccc8c7c6c45)c4ccccc34)cc12. The maximum Gasteiger partial charge on any atom is 0.135 e. The number of para-hydroxylation sites is 1. The molecule has 9 aromatic carbocycles. The number of hydrogen-bond acceptors (Lipinski definition) is 3. The van der Waals surface area contributed by atoms with Crippen LogP contribution in [0.2, 0.25) is 0 Å². The van der Waals surface area contributed by atoms with Crippen molar-refractivity contribution in [2.75, 3.05) is 0 Å². The molecule has 236 valence electrons. The third-order valence-corrected chi connectivity index (χ3v) is 13.1. The maximum absolute atomic E-state index is 6.21. The maximum atomic E-state index is 6.21. The summed E-state index contributed by atoms with van der Waals surface area (Å²) in [5.74, 6) is 0. The topological polar surface area (TPSA) is 13.1 Å². The summed E-state index contributed by atoms with van der Waals surface area (Å²) >= 11 is 3.80. The van der Waals surface area contributed by atoms with E-state index in [1.54, 1.807) is 0 Å². The normalized spacial score (nSPS) is 12.3.